The predicted molar refractivity (Wildman–Crippen MR) is 58.8 cm³/mol. The molecule has 1 aliphatic rings. The zero-order valence-electron chi connectivity index (χ0n) is 9.71. The number of hydrogen-bond donors (Lipinski definition) is 2. The Labute approximate surface area is 103 Å². The van der Waals surface area contributed by atoms with Crippen molar-refractivity contribution >= 4 is 6.09 Å². The molecule has 2 heterocycles. The zero-order valence-corrected chi connectivity index (χ0v) is 9.71. The second kappa shape index (κ2) is 4.77. The largest absolute Gasteiger partial charge is 0.481 e. The Morgan fingerprint density at radius 1 is 1.67 bits per heavy atom. The van der Waals surface area contributed by atoms with Crippen LogP contribution in [0.3, 0.4) is 0 Å². The molecule has 1 saturated heterocycles. The molecule has 0 spiro atoms. The summed E-state index contributed by atoms with van der Waals surface area (Å²) in [5, 5.41) is 18.6. The van der Waals surface area contributed by atoms with E-state index in [-0.39, 0.29) is 18.8 Å². The van der Waals surface area contributed by atoms with E-state index in [9.17, 15) is 14.3 Å². The molecule has 98 valence electrons. The van der Waals surface area contributed by atoms with E-state index in [2.05, 4.69) is 4.98 Å². The van der Waals surface area contributed by atoms with Crippen molar-refractivity contribution in [3.8, 4) is 5.88 Å². The number of rotatable bonds is 2. The molecule has 1 aromatic rings. The minimum absolute atomic E-state index is 0.000330. The molecule has 6 nitrogen and oxygen atoms in total. The molecular formula is C11H13FN2O4. The number of likely N-dealkylation sites (tertiary alicyclic amines) is 1. The van der Waals surface area contributed by atoms with Crippen LogP contribution in [-0.4, -0.2) is 45.9 Å². The fourth-order valence-corrected chi connectivity index (χ4v) is 2.17. The molecule has 1 amide bonds. The maximum Gasteiger partial charge on any atom is 0.407 e. The van der Waals surface area contributed by atoms with Crippen LogP contribution in [0.1, 0.15) is 18.0 Å². The number of halogens is 1. The van der Waals surface area contributed by atoms with Crippen LogP contribution >= 0.6 is 0 Å². The standard InChI is InChI=1S/C11H13FN2O4/c1-18-10-8(2-6(12)4-13-10)9-3-7(15)5-14(9)11(16)17/h2,4,7,9,15H,3,5H2,1H3,(H,16,17)/t7-,9-/m1/s1. The van der Waals surface area contributed by atoms with Crippen molar-refractivity contribution in [2.75, 3.05) is 13.7 Å². The van der Waals surface area contributed by atoms with Crippen LogP contribution in [0.15, 0.2) is 12.3 Å². The molecule has 0 aliphatic carbocycles. The Bertz CT molecular complexity index is 468. The molecule has 0 bridgehead atoms. The first kappa shape index (κ1) is 12.6. The molecule has 2 atom stereocenters. The van der Waals surface area contributed by atoms with E-state index >= 15 is 0 Å². The van der Waals surface area contributed by atoms with Crippen LogP contribution in [-0.2, 0) is 0 Å². The summed E-state index contributed by atoms with van der Waals surface area (Å²) in [6.07, 6.45) is -0.728. The highest BCUT2D eigenvalue weighted by atomic mass is 19.1. The number of β-amino-alcohol motifs (C(OH)–C–C–N with tert-alkyl or cyclic N) is 1. The third kappa shape index (κ3) is 2.21. The highest BCUT2D eigenvalue weighted by Crippen LogP contribution is 2.36. The lowest BCUT2D eigenvalue weighted by atomic mass is 10.1. The van der Waals surface area contributed by atoms with Crippen molar-refractivity contribution in [1.82, 2.24) is 9.88 Å². The summed E-state index contributed by atoms with van der Waals surface area (Å²) in [4.78, 5) is 15.9. The third-order valence-corrected chi connectivity index (χ3v) is 2.92. The van der Waals surface area contributed by atoms with Gasteiger partial charge in [0, 0.05) is 5.56 Å². The fraction of sp³-hybridized carbons (Fsp3) is 0.455. The van der Waals surface area contributed by atoms with Gasteiger partial charge in [-0.15, -0.1) is 0 Å². The van der Waals surface area contributed by atoms with E-state index in [1.165, 1.54) is 13.2 Å². The minimum Gasteiger partial charge on any atom is -0.481 e. The van der Waals surface area contributed by atoms with E-state index in [0.29, 0.717) is 5.56 Å². The van der Waals surface area contributed by atoms with Gasteiger partial charge in [0.2, 0.25) is 5.88 Å². The molecule has 0 radical (unpaired) electrons. The van der Waals surface area contributed by atoms with Crippen LogP contribution in [0, 0.1) is 5.82 Å². The minimum atomic E-state index is -1.16. The van der Waals surface area contributed by atoms with Gasteiger partial charge in [0.05, 0.1) is 32.0 Å². The summed E-state index contributed by atoms with van der Waals surface area (Å²) in [6, 6.07) is 0.542. The van der Waals surface area contributed by atoms with Gasteiger partial charge in [0.1, 0.15) is 5.82 Å². The van der Waals surface area contributed by atoms with Crippen molar-refractivity contribution in [3.05, 3.63) is 23.6 Å². The number of amides is 1. The lowest BCUT2D eigenvalue weighted by Crippen LogP contribution is -2.30. The number of carboxylic acid groups (broad SMARTS) is 1. The van der Waals surface area contributed by atoms with Gasteiger partial charge in [-0.05, 0) is 12.5 Å². The monoisotopic (exact) mass is 256 g/mol. The Morgan fingerprint density at radius 2 is 2.39 bits per heavy atom. The van der Waals surface area contributed by atoms with E-state index in [0.717, 1.165) is 11.1 Å². The number of aromatic nitrogens is 1. The molecule has 7 heteroatoms. The number of pyridine rings is 1. The Balaban J connectivity index is 2.40. The number of aliphatic hydroxyl groups excluding tert-OH is 1. The lowest BCUT2D eigenvalue weighted by molar-refractivity contribution is 0.131. The number of nitrogens with zero attached hydrogens (tertiary/aromatic N) is 2. The van der Waals surface area contributed by atoms with Gasteiger partial charge in [-0.1, -0.05) is 0 Å². The first-order chi connectivity index (χ1) is 8.52. The topological polar surface area (TPSA) is 82.9 Å². The molecule has 1 fully saturated rings. The van der Waals surface area contributed by atoms with Gasteiger partial charge in [-0.2, -0.15) is 0 Å². The maximum absolute atomic E-state index is 13.2. The Morgan fingerprint density at radius 3 is 3.00 bits per heavy atom. The molecule has 18 heavy (non-hydrogen) atoms. The van der Waals surface area contributed by atoms with Gasteiger partial charge in [-0.3, -0.25) is 4.90 Å². The summed E-state index contributed by atoms with van der Waals surface area (Å²) < 4.78 is 18.2. The normalized spacial score (nSPS) is 23.2. The van der Waals surface area contributed by atoms with Crippen LogP contribution in [0.5, 0.6) is 5.88 Å². The molecule has 0 unspecified atom stereocenters. The van der Waals surface area contributed by atoms with E-state index in [4.69, 9.17) is 9.84 Å². The summed E-state index contributed by atoms with van der Waals surface area (Å²) >= 11 is 0. The van der Waals surface area contributed by atoms with Gasteiger partial charge in [0.25, 0.3) is 0 Å². The van der Waals surface area contributed by atoms with Crippen molar-refractivity contribution < 1.29 is 24.1 Å². The third-order valence-electron chi connectivity index (χ3n) is 2.92. The number of aliphatic hydroxyl groups is 1. The van der Waals surface area contributed by atoms with Gasteiger partial charge < -0.3 is 14.9 Å². The number of carbonyl (C=O) groups is 1. The number of methoxy groups -OCH3 is 1. The molecule has 1 aliphatic heterocycles. The van der Waals surface area contributed by atoms with Crippen LogP contribution in [0.25, 0.3) is 0 Å². The van der Waals surface area contributed by atoms with E-state index in [1.54, 1.807) is 0 Å². The van der Waals surface area contributed by atoms with Crippen LogP contribution in [0.2, 0.25) is 0 Å². The summed E-state index contributed by atoms with van der Waals surface area (Å²) in [7, 11) is 1.38. The Hall–Kier alpha value is -1.89. The average molecular weight is 256 g/mol. The van der Waals surface area contributed by atoms with Crippen molar-refractivity contribution in [1.29, 1.82) is 0 Å². The number of hydrogen-bond acceptors (Lipinski definition) is 4. The zero-order chi connectivity index (χ0) is 13.3. The molecule has 0 aromatic carbocycles. The summed E-state index contributed by atoms with van der Waals surface area (Å²) in [5.41, 5.74) is 0.330. The van der Waals surface area contributed by atoms with E-state index in [1.807, 2.05) is 0 Å². The average Bonchev–Trinajstić information content (AvgIpc) is 2.71. The van der Waals surface area contributed by atoms with Crippen LogP contribution in [0.4, 0.5) is 9.18 Å². The van der Waals surface area contributed by atoms with Crippen LogP contribution < -0.4 is 4.74 Å². The Kier molecular flexibility index (Phi) is 3.33. The molecule has 1 aromatic heterocycles. The highest BCUT2D eigenvalue weighted by molar-refractivity contribution is 5.66. The molecule has 0 saturated carbocycles. The second-order valence-electron chi connectivity index (χ2n) is 4.09. The summed E-state index contributed by atoms with van der Waals surface area (Å²) in [5.74, 6) is -0.403. The van der Waals surface area contributed by atoms with Gasteiger partial charge >= 0.3 is 6.09 Å². The maximum atomic E-state index is 13.2. The second-order valence-corrected chi connectivity index (χ2v) is 4.09. The van der Waals surface area contributed by atoms with E-state index < -0.39 is 24.1 Å². The summed E-state index contributed by atoms with van der Waals surface area (Å²) in [6.45, 7) is -0.000330. The van der Waals surface area contributed by atoms with Gasteiger partial charge in [-0.25, -0.2) is 14.2 Å². The SMILES string of the molecule is COc1ncc(F)cc1[C@H]1C[C@@H](O)CN1C(=O)O. The first-order valence-electron chi connectivity index (χ1n) is 5.40. The smallest absolute Gasteiger partial charge is 0.407 e. The first-order valence-corrected chi connectivity index (χ1v) is 5.40. The van der Waals surface area contributed by atoms with Crippen molar-refractivity contribution in [2.45, 2.75) is 18.6 Å². The lowest BCUT2D eigenvalue weighted by Gasteiger charge is -2.22. The number of ether oxygens (including phenoxy) is 1. The molecule has 2 rings (SSSR count). The quantitative estimate of drug-likeness (QED) is 0.825. The van der Waals surface area contributed by atoms with Crippen molar-refractivity contribution in [2.24, 2.45) is 0 Å². The fourth-order valence-electron chi connectivity index (χ4n) is 2.17. The molecular weight excluding hydrogens is 243 g/mol. The predicted octanol–water partition coefficient (Wildman–Crippen LogP) is 1.01. The van der Waals surface area contributed by atoms with Crippen molar-refractivity contribution in [3.63, 3.8) is 0 Å². The van der Waals surface area contributed by atoms with Gasteiger partial charge in [0.15, 0.2) is 0 Å². The molecule has 2 N–H and O–H groups in total. The highest BCUT2D eigenvalue weighted by Gasteiger charge is 2.37.